The van der Waals surface area contributed by atoms with Crippen LogP contribution in [0.3, 0.4) is 0 Å². The molecule has 0 atom stereocenters. The largest absolute Gasteiger partial charge is 0.357 e. The molecule has 0 saturated carbocycles. The van der Waals surface area contributed by atoms with Crippen LogP contribution < -0.4 is 0 Å². The van der Waals surface area contributed by atoms with Gasteiger partial charge in [0.25, 0.3) is 0 Å². The Labute approximate surface area is 134 Å². The van der Waals surface area contributed by atoms with E-state index in [1.165, 1.54) is 0 Å². The quantitative estimate of drug-likeness (QED) is 0.676. The topological polar surface area (TPSA) is 56.6 Å². The number of fused-ring (bicyclic) bond motifs is 4. The lowest BCUT2D eigenvalue weighted by atomic mass is 9.71. The molecule has 3 heteroatoms. The van der Waals surface area contributed by atoms with E-state index in [9.17, 15) is 4.79 Å². The van der Waals surface area contributed by atoms with Crippen LogP contribution in [0.1, 0.15) is 52.2 Å². The van der Waals surface area contributed by atoms with Gasteiger partial charge in [-0.25, -0.2) is 0 Å². The smallest absolute Gasteiger partial charge is 0.195 e. The number of H-pyrrole nitrogens is 1. The molecule has 0 spiro atoms. The van der Waals surface area contributed by atoms with Crippen LogP contribution in [0.25, 0.3) is 10.9 Å². The minimum absolute atomic E-state index is 0.0639. The van der Waals surface area contributed by atoms with E-state index in [4.69, 9.17) is 5.26 Å². The molecule has 1 heterocycles. The van der Waals surface area contributed by atoms with Gasteiger partial charge in [0.05, 0.1) is 17.2 Å². The first kappa shape index (κ1) is 13.8. The first-order valence-corrected chi connectivity index (χ1v) is 7.65. The number of carbonyl (C=O) groups excluding carboxylic acids is 1. The van der Waals surface area contributed by atoms with Crippen molar-refractivity contribution >= 4 is 16.7 Å². The molecule has 0 unspecified atom stereocenters. The molecule has 0 bridgehead atoms. The maximum absolute atomic E-state index is 13.1. The molecule has 2 aromatic carbocycles. The Kier molecular flexibility index (Phi) is 2.59. The Morgan fingerprint density at radius 1 is 1.13 bits per heavy atom. The van der Waals surface area contributed by atoms with Gasteiger partial charge in [-0.15, -0.1) is 0 Å². The summed E-state index contributed by atoms with van der Waals surface area (Å²) in [6.07, 6.45) is 0. The summed E-state index contributed by atoms with van der Waals surface area (Å²) >= 11 is 0. The third-order valence-electron chi connectivity index (χ3n) is 4.87. The highest BCUT2D eigenvalue weighted by molar-refractivity contribution is 6.20. The number of carbonyl (C=O) groups is 1. The Balaban J connectivity index is 2.10. The van der Waals surface area contributed by atoms with Gasteiger partial charge in [-0.2, -0.15) is 5.26 Å². The molecule has 0 aliphatic heterocycles. The minimum Gasteiger partial charge on any atom is -0.357 e. The number of aromatic nitrogens is 1. The highest BCUT2D eigenvalue weighted by Crippen LogP contribution is 2.43. The number of ketones is 1. The van der Waals surface area contributed by atoms with Gasteiger partial charge < -0.3 is 4.98 Å². The van der Waals surface area contributed by atoms with Gasteiger partial charge >= 0.3 is 0 Å². The Morgan fingerprint density at radius 2 is 1.91 bits per heavy atom. The lowest BCUT2D eigenvalue weighted by Crippen LogP contribution is -2.30. The van der Waals surface area contributed by atoms with Gasteiger partial charge in [-0.1, -0.05) is 37.6 Å². The number of aryl methyl sites for hydroxylation is 1. The number of benzene rings is 2. The second kappa shape index (κ2) is 4.33. The number of hydrogen-bond donors (Lipinski definition) is 1. The predicted octanol–water partition coefficient (Wildman–Crippen LogP) is 4.22. The number of nitrogens with zero attached hydrogens (tertiary/aromatic N) is 1. The summed E-state index contributed by atoms with van der Waals surface area (Å²) in [7, 11) is 0. The lowest BCUT2D eigenvalue weighted by molar-refractivity contribution is 0.103. The number of nitriles is 1. The van der Waals surface area contributed by atoms with Crippen LogP contribution in [0.2, 0.25) is 0 Å². The van der Waals surface area contributed by atoms with Crippen LogP contribution in [0.15, 0.2) is 36.4 Å². The van der Waals surface area contributed by atoms with Gasteiger partial charge in [-0.3, -0.25) is 4.79 Å². The number of rotatable bonds is 0. The van der Waals surface area contributed by atoms with Crippen molar-refractivity contribution in [1.29, 1.82) is 5.26 Å². The van der Waals surface area contributed by atoms with Crippen molar-refractivity contribution in [2.45, 2.75) is 26.2 Å². The summed E-state index contributed by atoms with van der Waals surface area (Å²) in [5.74, 6) is 0.0639. The molecule has 1 aromatic heterocycles. The first-order valence-electron chi connectivity index (χ1n) is 7.65. The van der Waals surface area contributed by atoms with Gasteiger partial charge in [0.2, 0.25) is 0 Å². The van der Waals surface area contributed by atoms with E-state index in [1.807, 2.05) is 25.1 Å². The molecule has 3 aromatic rings. The van der Waals surface area contributed by atoms with Gasteiger partial charge in [0.15, 0.2) is 5.78 Å². The van der Waals surface area contributed by atoms with E-state index in [0.29, 0.717) is 5.56 Å². The summed E-state index contributed by atoms with van der Waals surface area (Å²) in [5, 5.41) is 9.99. The normalized spacial score (nSPS) is 15.1. The SMILES string of the molecule is Cc1ccc2c(c1)C(=O)c1c([nH]c3cc(C#N)ccc13)C2(C)C. The summed E-state index contributed by atoms with van der Waals surface area (Å²) in [4.78, 5) is 16.5. The second-order valence-electron chi connectivity index (χ2n) is 6.75. The zero-order chi connectivity index (χ0) is 16.4. The van der Waals surface area contributed by atoms with Crippen molar-refractivity contribution in [2.75, 3.05) is 0 Å². The second-order valence-corrected chi connectivity index (χ2v) is 6.75. The molecule has 1 aliphatic carbocycles. The third kappa shape index (κ3) is 1.72. The van der Waals surface area contributed by atoms with E-state index in [1.54, 1.807) is 6.07 Å². The first-order chi connectivity index (χ1) is 10.9. The molecule has 1 aliphatic rings. The average Bonchev–Trinajstić information content (AvgIpc) is 2.92. The Bertz CT molecular complexity index is 1030. The van der Waals surface area contributed by atoms with Crippen LogP contribution in [-0.2, 0) is 5.41 Å². The van der Waals surface area contributed by atoms with Gasteiger partial charge in [0.1, 0.15) is 0 Å². The molecule has 1 N–H and O–H groups in total. The monoisotopic (exact) mass is 300 g/mol. The molecule has 0 saturated heterocycles. The van der Waals surface area contributed by atoms with Crippen molar-refractivity contribution in [3.05, 3.63) is 69.9 Å². The Morgan fingerprint density at radius 3 is 2.65 bits per heavy atom. The zero-order valence-corrected chi connectivity index (χ0v) is 13.3. The van der Waals surface area contributed by atoms with Crippen LogP contribution >= 0.6 is 0 Å². The van der Waals surface area contributed by atoms with Crippen LogP contribution in [-0.4, -0.2) is 10.8 Å². The molecule has 0 radical (unpaired) electrons. The van der Waals surface area contributed by atoms with E-state index >= 15 is 0 Å². The summed E-state index contributed by atoms with van der Waals surface area (Å²) in [6.45, 7) is 6.27. The van der Waals surface area contributed by atoms with Crippen LogP contribution in [0.4, 0.5) is 0 Å². The molecular formula is C20H16N2O. The van der Waals surface area contributed by atoms with Crippen molar-refractivity contribution < 1.29 is 4.79 Å². The van der Waals surface area contributed by atoms with Gasteiger partial charge in [-0.05, 0) is 30.7 Å². The summed E-state index contributed by atoms with van der Waals surface area (Å²) < 4.78 is 0. The van der Waals surface area contributed by atoms with Crippen molar-refractivity contribution in [1.82, 2.24) is 4.98 Å². The highest BCUT2D eigenvalue weighted by atomic mass is 16.1. The molecular weight excluding hydrogens is 284 g/mol. The van der Waals surface area contributed by atoms with E-state index in [0.717, 1.165) is 38.9 Å². The third-order valence-corrected chi connectivity index (χ3v) is 4.87. The standard InChI is InChI=1S/C20H16N2O/c1-11-4-7-15-14(8-11)18(23)17-13-6-5-12(10-21)9-16(13)22-19(17)20(15,2)3/h4-9,22H,1-3H3. The van der Waals surface area contributed by atoms with Crippen LogP contribution in [0.5, 0.6) is 0 Å². The van der Waals surface area contributed by atoms with Crippen molar-refractivity contribution in [3.63, 3.8) is 0 Å². The molecule has 3 nitrogen and oxygen atoms in total. The number of nitrogens with one attached hydrogen (secondary N) is 1. The predicted molar refractivity (Wildman–Crippen MR) is 89.8 cm³/mol. The highest BCUT2D eigenvalue weighted by Gasteiger charge is 2.39. The van der Waals surface area contributed by atoms with Crippen molar-refractivity contribution in [3.8, 4) is 6.07 Å². The van der Waals surface area contributed by atoms with Crippen LogP contribution in [0, 0.1) is 18.3 Å². The van der Waals surface area contributed by atoms with E-state index in [2.05, 4.69) is 37.0 Å². The van der Waals surface area contributed by atoms with E-state index < -0.39 is 0 Å². The van der Waals surface area contributed by atoms with Gasteiger partial charge in [0, 0.05) is 27.6 Å². The van der Waals surface area contributed by atoms with Crippen molar-refractivity contribution in [2.24, 2.45) is 0 Å². The number of hydrogen-bond acceptors (Lipinski definition) is 2. The lowest BCUT2D eigenvalue weighted by Gasteiger charge is -2.32. The van der Waals surface area contributed by atoms with E-state index in [-0.39, 0.29) is 11.2 Å². The fourth-order valence-electron chi connectivity index (χ4n) is 3.63. The molecule has 0 amide bonds. The fourth-order valence-corrected chi connectivity index (χ4v) is 3.63. The number of aromatic amines is 1. The maximum atomic E-state index is 13.1. The molecule has 0 fully saturated rings. The minimum atomic E-state index is -0.280. The molecule has 4 rings (SSSR count). The average molecular weight is 300 g/mol. The fraction of sp³-hybridized carbons (Fsp3) is 0.200. The Hall–Kier alpha value is -2.86. The summed E-state index contributed by atoms with van der Waals surface area (Å²) in [6, 6.07) is 13.7. The zero-order valence-electron chi connectivity index (χ0n) is 13.3. The molecule has 112 valence electrons. The molecule has 23 heavy (non-hydrogen) atoms. The summed E-state index contributed by atoms with van der Waals surface area (Å²) in [5.41, 5.74) is 5.76. The maximum Gasteiger partial charge on any atom is 0.195 e.